The number of amides is 1. The molecule has 1 atom stereocenters. The smallest absolute Gasteiger partial charge is 0.282 e. The maximum Gasteiger partial charge on any atom is 0.282 e. The summed E-state index contributed by atoms with van der Waals surface area (Å²) in [5.74, 6) is -0.0289. The SMILES string of the molecule is CCN(CC)S(=O)(=O)N1CCN(C(C)=O)[C@@H](c2ccccc2)C1. The molecule has 0 spiro atoms. The summed E-state index contributed by atoms with van der Waals surface area (Å²) < 4.78 is 28.5. The molecule has 7 heteroatoms. The van der Waals surface area contributed by atoms with Gasteiger partial charge in [0.2, 0.25) is 5.91 Å². The number of benzene rings is 1. The van der Waals surface area contributed by atoms with Crippen LogP contribution in [0.25, 0.3) is 0 Å². The third kappa shape index (κ3) is 3.73. The number of carbonyl (C=O) groups excluding carboxylic acids is 1. The molecule has 23 heavy (non-hydrogen) atoms. The van der Waals surface area contributed by atoms with E-state index in [0.29, 0.717) is 32.7 Å². The Labute approximate surface area is 138 Å². The second-order valence-corrected chi connectivity index (χ2v) is 7.52. The summed E-state index contributed by atoms with van der Waals surface area (Å²) >= 11 is 0. The highest BCUT2D eigenvalue weighted by Gasteiger charge is 2.37. The second-order valence-electron chi connectivity index (χ2n) is 5.59. The van der Waals surface area contributed by atoms with Crippen molar-refractivity contribution in [3.05, 3.63) is 35.9 Å². The number of piperazine rings is 1. The molecular formula is C16H25N3O3S. The zero-order valence-electron chi connectivity index (χ0n) is 14.0. The van der Waals surface area contributed by atoms with Crippen molar-refractivity contribution in [2.24, 2.45) is 0 Å². The fourth-order valence-electron chi connectivity index (χ4n) is 3.02. The van der Waals surface area contributed by atoms with Gasteiger partial charge in [0.05, 0.1) is 6.04 Å². The van der Waals surface area contributed by atoms with E-state index in [1.165, 1.54) is 15.5 Å². The lowest BCUT2D eigenvalue weighted by atomic mass is 10.0. The van der Waals surface area contributed by atoms with Gasteiger partial charge in [-0.3, -0.25) is 4.79 Å². The summed E-state index contributed by atoms with van der Waals surface area (Å²) in [5.41, 5.74) is 0.960. The molecule has 1 fully saturated rings. The first-order chi connectivity index (χ1) is 10.9. The van der Waals surface area contributed by atoms with Crippen LogP contribution in [0.1, 0.15) is 32.4 Å². The molecule has 0 aromatic heterocycles. The fourth-order valence-corrected chi connectivity index (χ4v) is 4.64. The number of nitrogens with zero attached hydrogens (tertiary/aromatic N) is 3. The lowest BCUT2D eigenvalue weighted by Gasteiger charge is -2.41. The van der Waals surface area contributed by atoms with E-state index in [2.05, 4.69) is 0 Å². The normalized spacial score (nSPS) is 20.0. The van der Waals surface area contributed by atoms with Gasteiger partial charge in [-0.05, 0) is 5.56 Å². The van der Waals surface area contributed by atoms with E-state index in [0.717, 1.165) is 5.56 Å². The van der Waals surface area contributed by atoms with Gasteiger partial charge in [0.1, 0.15) is 0 Å². The molecule has 0 bridgehead atoms. The third-order valence-corrected chi connectivity index (χ3v) is 6.44. The minimum atomic E-state index is -3.49. The standard InChI is InChI=1S/C16H25N3O3S/c1-4-17(5-2)23(21,22)18-11-12-19(14(3)20)16(13-18)15-9-7-6-8-10-15/h6-10,16H,4-5,11-13H2,1-3H3/t16-/m1/s1. The zero-order chi connectivity index (χ0) is 17.0. The minimum Gasteiger partial charge on any atom is -0.333 e. The van der Waals surface area contributed by atoms with Crippen LogP contribution in [0, 0.1) is 0 Å². The van der Waals surface area contributed by atoms with Crippen LogP contribution in [0.4, 0.5) is 0 Å². The van der Waals surface area contributed by atoms with E-state index in [4.69, 9.17) is 0 Å². The highest BCUT2D eigenvalue weighted by atomic mass is 32.2. The molecule has 1 aliphatic rings. The number of carbonyl (C=O) groups is 1. The minimum absolute atomic E-state index is 0.0289. The van der Waals surface area contributed by atoms with Gasteiger partial charge in [0.15, 0.2) is 0 Å². The van der Waals surface area contributed by atoms with Gasteiger partial charge in [0.25, 0.3) is 10.2 Å². The molecule has 1 saturated heterocycles. The van der Waals surface area contributed by atoms with Crippen LogP contribution >= 0.6 is 0 Å². The summed E-state index contributed by atoms with van der Waals surface area (Å²) in [6, 6.07) is 9.36. The van der Waals surface area contributed by atoms with Crippen LogP contribution in [0.2, 0.25) is 0 Å². The first kappa shape index (κ1) is 17.9. The molecule has 0 radical (unpaired) electrons. The zero-order valence-corrected chi connectivity index (χ0v) is 14.8. The summed E-state index contributed by atoms with van der Waals surface area (Å²) in [6.07, 6.45) is 0. The molecule has 1 heterocycles. The number of hydrogen-bond donors (Lipinski definition) is 0. The molecule has 0 unspecified atom stereocenters. The molecule has 6 nitrogen and oxygen atoms in total. The quantitative estimate of drug-likeness (QED) is 0.816. The molecule has 0 aliphatic carbocycles. The molecule has 1 amide bonds. The molecule has 0 N–H and O–H groups in total. The van der Waals surface area contributed by atoms with E-state index in [1.54, 1.807) is 4.90 Å². The van der Waals surface area contributed by atoms with Gasteiger partial charge in [-0.2, -0.15) is 17.0 Å². The van der Waals surface area contributed by atoms with Crippen LogP contribution in [-0.4, -0.2) is 60.6 Å². The van der Waals surface area contributed by atoms with E-state index in [9.17, 15) is 13.2 Å². The first-order valence-electron chi connectivity index (χ1n) is 7.99. The first-order valence-corrected chi connectivity index (χ1v) is 9.38. The molecule has 128 valence electrons. The Morgan fingerprint density at radius 2 is 1.78 bits per heavy atom. The van der Waals surface area contributed by atoms with Gasteiger partial charge in [-0.1, -0.05) is 44.2 Å². The van der Waals surface area contributed by atoms with Crippen molar-refractivity contribution in [2.45, 2.75) is 26.8 Å². The van der Waals surface area contributed by atoms with Crippen LogP contribution in [0.5, 0.6) is 0 Å². The highest BCUT2D eigenvalue weighted by Crippen LogP contribution is 2.27. The molecule has 1 aromatic carbocycles. The summed E-state index contributed by atoms with van der Waals surface area (Å²) in [5, 5.41) is 0. The average molecular weight is 339 g/mol. The Morgan fingerprint density at radius 1 is 1.17 bits per heavy atom. The summed E-state index contributed by atoms with van der Waals surface area (Å²) in [6.45, 7) is 7.14. The molecule has 0 saturated carbocycles. The van der Waals surface area contributed by atoms with Crippen molar-refractivity contribution in [3.8, 4) is 0 Å². The van der Waals surface area contributed by atoms with Crippen LogP contribution in [-0.2, 0) is 15.0 Å². The predicted octanol–water partition coefficient (Wildman–Crippen LogP) is 1.48. The van der Waals surface area contributed by atoms with Crippen LogP contribution in [0.3, 0.4) is 0 Å². The Hall–Kier alpha value is -1.44. The van der Waals surface area contributed by atoms with Crippen molar-refractivity contribution >= 4 is 16.1 Å². The number of rotatable bonds is 5. The predicted molar refractivity (Wildman–Crippen MR) is 90.0 cm³/mol. The topological polar surface area (TPSA) is 60.9 Å². The van der Waals surface area contributed by atoms with Crippen molar-refractivity contribution in [1.82, 2.24) is 13.5 Å². The Kier molecular flexibility index (Phi) is 5.78. The third-order valence-electron chi connectivity index (χ3n) is 4.29. The number of hydrogen-bond acceptors (Lipinski definition) is 3. The van der Waals surface area contributed by atoms with Crippen molar-refractivity contribution in [3.63, 3.8) is 0 Å². The van der Waals surface area contributed by atoms with Gasteiger partial charge in [-0.25, -0.2) is 0 Å². The molecule has 1 aliphatic heterocycles. The Bertz CT molecular complexity index is 629. The van der Waals surface area contributed by atoms with Crippen molar-refractivity contribution in [1.29, 1.82) is 0 Å². The summed E-state index contributed by atoms with van der Waals surface area (Å²) in [7, 11) is -3.49. The molecule has 2 rings (SSSR count). The van der Waals surface area contributed by atoms with E-state index in [-0.39, 0.29) is 11.9 Å². The maximum absolute atomic E-state index is 12.7. The monoisotopic (exact) mass is 339 g/mol. The van der Waals surface area contributed by atoms with E-state index < -0.39 is 10.2 Å². The van der Waals surface area contributed by atoms with E-state index in [1.807, 2.05) is 44.2 Å². The van der Waals surface area contributed by atoms with Crippen LogP contribution in [0.15, 0.2) is 30.3 Å². The Balaban J connectivity index is 2.30. The Morgan fingerprint density at radius 3 is 2.30 bits per heavy atom. The highest BCUT2D eigenvalue weighted by molar-refractivity contribution is 7.86. The second kappa shape index (κ2) is 7.42. The molecule has 1 aromatic rings. The van der Waals surface area contributed by atoms with Gasteiger partial charge in [-0.15, -0.1) is 0 Å². The lowest BCUT2D eigenvalue weighted by Crippen LogP contribution is -2.55. The van der Waals surface area contributed by atoms with Crippen LogP contribution < -0.4 is 0 Å². The van der Waals surface area contributed by atoms with Crippen molar-refractivity contribution in [2.75, 3.05) is 32.7 Å². The van der Waals surface area contributed by atoms with E-state index >= 15 is 0 Å². The maximum atomic E-state index is 12.7. The fraction of sp³-hybridized carbons (Fsp3) is 0.562. The van der Waals surface area contributed by atoms with Gasteiger partial charge >= 0.3 is 0 Å². The lowest BCUT2D eigenvalue weighted by molar-refractivity contribution is -0.133. The van der Waals surface area contributed by atoms with Gasteiger partial charge in [0, 0.05) is 39.6 Å². The average Bonchev–Trinajstić information content (AvgIpc) is 2.56. The molecular weight excluding hydrogens is 314 g/mol. The van der Waals surface area contributed by atoms with Crippen molar-refractivity contribution < 1.29 is 13.2 Å². The van der Waals surface area contributed by atoms with Gasteiger partial charge < -0.3 is 4.90 Å². The largest absolute Gasteiger partial charge is 0.333 e. The summed E-state index contributed by atoms with van der Waals surface area (Å²) in [4.78, 5) is 13.7.